The summed E-state index contributed by atoms with van der Waals surface area (Å²) in [6.07, 6.45) is -0.635. The molecule has 0 saturated carbocycles. The maximum absolute atomic E-state index is 13.4. The Balaban J connectivity index is 1.85. The summed E-state index contributed by atoms with van der Waals surface area (Å²) < 4.78 is 26.3. The van der Waals surface area contributed by atoms with Gasteiger partial charge in [0.25, 0.3) is 0 Å². The lowest BCUT2D eigenvalue weighted by molar-refractivity contribution is -0.139. The molecule has 0 radical (unpaired) electrons. The zero-order valence-electron chi connectivity index (χ0n) is 20.4. The molecule has 1 amide bonds. The van der Waals surface area contributed by atoms with Crippen LogP contribution in [-0.2, 0) is 23.8 Å². The predicted octanol–water partition coefficient (Wildman–Crippen LogP) is 2.27. The van der Waals surface area contributed by atoms with E-state index in [2.05, 4.69) is 6.07 Å². The summed E-state index contributed by atoms with van der Waals surface area (Å²) in [6, 6.07) is 13.8. The van der Waals surface area contributed by atoms with E-state index in [0.717, 1.165) is 14.2 Å². The molecule has 12 nitrogen and oxygen atoms in total. The number of allylic oxidation sites excluding steroid dienone is 1. The zero-order chi connectivity index (χ0) is 27.0. The van der Waals surface area contributed by atoms with Crippen LogP contribution in [0.5, 0.6) is 11.5 Å². The molecule has 1 unspecified atom stereocenters. The van der Waals surface area contributed by atoms with E-state index in [4.69, 9.17) is 29.4 Å². The Bertz CT molecular complexity index is 1440. The molecule has 2 aromatic rings. The fourth-order valence-corrected chi connectivity index (χ4v) is 4.69. The van der Waals surface area contributed by atoms with Crippen LogP contribution >= 0.6 is 0 Å². The molecule has 0 aliphatic carbocycles. The van der Waals surface area contributed by atoms with Crippen LogP contribution in [0.4, 0.5) is 16.2 Å². The molecule has 3 aliphatic rings. The van der Waals surface area contributed by atoms with Crippen molar-refractivity contribution in [2.45, 2.75) is 5.92 Å². The maximum atomic E-state index is 13.4. The lowest BCUT2D eigenvalue weighted by Gasteiger charge is -2.37. The van der Waals surface area contributed by atoms with Crippen LogP contribution < -0.4 is 25.0 Å². The fourth-order valence-electron chi connectivity index (χ4n) is 4.69. The van der Waals surface area contributed by atoms with Gasteiger partial charge < -0.3 is 29.4 Å². The van der Waals surface area contributed by atoms with Crippen molar-refractivity contribution in [3.05, 3.63) is 70.7 Å². The van der Waals surface area contributed by atoms with Gasteiger partial charge in [0.1, 0.15) is 18.1 Å². The molecule has 5 rings (SSSR count). The number of nitriles is 1. The number of ether oxygens (including phenoxy) is 5. The van der Waals surface area contributed by atoms with E-state index in [9.17, 15) is 19.6 Å². The number of nitrogens with zero attached hydrogens (tertiary/aromatic N) is 3. The van der Waals surface area contributed by atoms with Crippen LogP contribution in [0.3, 0.4) is 0 Å². The van der Waals surface area contributed by atoms with Crippen LogP contribution in [0.1, 0.15) is 11.5 Å². The molecule has 12 heteroatoms. The van der Waals surface area contributed by atoms with Gasteiger partial charge in [0.2, 0.25) is 6.79 Å². The molecule has 0 spiro atoms. The van der Waals surface area contributed by atoms with Crippen molar-refractivity contribution in [2.24, 2.45) is 5.73 Å². The molecule has 194 valence electrons. The first-order valence-corrected chi connectivity index (χ1v) is 11.4. The van der Waals surface area contributed by atoms with E-state index >= 15 is 0 Å². The van der Waals surface area contributed by atoms with Gasteiger partial charge >= 0.3 is 18.0 Å². The third kappa shape index (κ3) is 3.81. The standard InChI is InChI=1S/C26H22N4O8/c1-34-24(31)21-20(14-6-4-3-5-7-14)15(12-27)23(28)30(22(21)25(32)35-2)17-11-19-18(37-13-38-19)10-16(17)29-8-9-36-26(29)33/h3-7,10-11,20H,8-9,13,28H2,1-2H3. The second-order valence-electron chi connectivity index (χ2n) is 8.30. The van der Waals surface area contributed by atoms with E-state index in [1.54, 1.807) is 36.4 Å². The normalized spacial score (nSPS) is 18.3. The lowest BCUT2D eigenvalue weighted by Crippen LogP contribution is -2.41. The minimum atomic E-state index is -1.03. The van der Waals surface area contributed by atoms with Crippen LogP contribution in [0.2, 0.25) is 0 Å². The first kappa shape index (κ1) is 24.5. The van der Waals surface area contributed by atoms with Crippen LogP contribution in [0, 0.1) is 11.3 Å². The Hall–Kier alpha value is -5.18. The van der Waals surface area contributed by atoms with Crippen LogP contribution in [0.15, 0.2) is 65.1 Å². The summed E-state index contributed by atoms with van der Waals surface area (Å²) in [4.78, 5) is 41.8. The highest BCUT2D eigenvalue weighted by molar-refractivity contribution is 6.08. The molecule has 38 heavy (non-hydrogen) atoms. The zero-order valence-corrected chi connectivity index (χ0v) is 20.4. The van der Waals surface area contributed by atoms with Gasteiger partial charge in [-0.3, -0.25) is 9.80 Å². The monoisotopic (exact) mass is 518 g/mol. The number of fused-ring (bicyclic) bond motifs is 1. The van der Waals surface area contributed by atoms with Gasteiger partial charge in [-0.05, 0) is 5.56 Å². The number of methoxy groups -OCH3 is 2. The summed E-state index contributed by atoms with van der Waals surface area (Å²) in [5, 5.41) is 10.3. The maximum Gasteiger partial charge on any atom is 0.414 e. The highest BCUT2D eigenvalue weighted by Crippen LogP contribution is 2.49. The third-order valence-corrected chi connectivity index (χ3v) is 6.37. The number of hydrogen-bond donors (Lipinski definition) is 1. The molecule has 1 atom stereocenters. The van der Waals surface area contributed by atoms with Gasteiger partial charge in [-0.25, -0.2) is 14.4 Å². The smallest absolute Gasteiger partial charge is 0.414 e. The minimum absolute atomic E-state index is 0.0168. The summed E-state index contributed by atoms with van der Waals surface area (Å²) in [7, 11) is 2.31. The summed E-state index contributed by atoms with van der Waals surface area (Å²) in [6.45, 7) is 0.257. The van der Waals surface area contributed by atoms with Gasteiger partial charge in [0, 0.05) is 12.1 Å². The van der Waals surface area contributed by atoms with E-state index in [1.807, 2.05) is 0 Å². The number of cyclic esters (lactones) is 1. The van der Waals surface area contributed by atoms with Crippen molar-refractivity contribution in [1.29, 1.82) is 5.26 Å². The second-order valence-corrected chi connectivity index (χ2v) is 8.30. The molecular weight excluding hydrogens is 496 g/mol. The number of carbonyl (C=O) groups is 3. The van der Waals surface area contributed by atoms with E-state index in [-0.39, 0.29) is 54.0 Å². The van der Waals surface area contributed by atoms with Crippen molar-refractivity contribution in [2.75, 3.05) is 44.0 Å². The van der Waals surface area contributed by atoms with Gasteiger partial charge in [-0.2, -0.15) is 5.26 Å². The van der Waals surface area contributed by atoms with Crippen molar-refractivity contribution in [3.8, 4) is 17.6 Å². The Morgan fingerprint density at radius 1 is 1.03 bits per heavy atom. The molecular formula is C26H22N4O8. The molecule has 1 saturated heterocycles. The van der Waals surface area contributed by atoms with Crippen LogP contribution in [0.25, 0.3) is 0 Å². The van der Waals surface area contributed by atoms with Crippen molar-refractivity contribution >= 4 is 29.4 Å². The fraction of sp³-hybridized carbons (Fsp3) is 0.231. The Morgan fingerprint density at radius 2 is 1.68 bits per heavy atom. The number of esters is 2. The Morgan fingerprint density at radius 3 is 2.26 bits per heavy atom. The van der Waals surface area contributed by atoms with E-state index < -0.39 is 23.9 Å². The number of carbonyl (C=O) groups excluding carboxylic acids is 3. The van der Waals surface area contributed by atoms with E-state index in [1.165, 1.54) is 15.9 Å². The largest absolute Gasteiger partial charge is 0.466 e. The van der Waals surface area contributed by atoms with Crippen molar-refractivity contribution < 1.29 is 38.1 Å². The second kappa shape index (κ2) is 9.70. The number of rotatable bonds is 5. The molecule has 3 aliphatic heterocycles. The topological polar surface area (TPSA) is 154 Å². The SMILES string of the molecule is COC(=O)C1=C(C(=O)OC)N(c2cc3c(cc2N2CCOC2=O)OCO3)C(N)=C(C#N)C1c1ccccc1. The average Bonchev–Trinajstić information content (AvgIpc) is 3.59. The number of nitrogens with two attached hydrogens (primary N) is 1. The number of amides is 1. The lowest BCUT2D eigenvalue weighted by atomic mass is 9.81. The third-order valence-electron chi connectivity index (χ3n) is 6.37. The molecule has 2 N–H and O–H groups in total. The van der Waals surface area contributed by atoms with Crippen molar-refractivity contribution in [1.82, 2.24) is 0 Å². The Labute approximate surface area is 217 Å². The first-order valence-electron chi connectivity index (χ1n) is 11.4. The van der Waals surface area contributed by atoms with E-state index in [0.29, 0.717) is 17.1 Å². The summed E-state index contributed by atoms with van der Waals surface area (Å²) >= 11 is 0. The molecule has 0 bridgehead atoms. The van der Waals surface area contributed by atoms with Gasteiger partial charge in [0.15, 0.2) is 11.5 Å². The van der Waals surface area contributed by atoms with Crippen molar-refractivity contribution in [3.63, 3.8) is 0 Å². The summed E-state index contributed by atoms with van der Waals surface area (Å²) in [5.74, 6) is -2.32. The quantitative estimate of drug-likeness (QED) is 0.458. The molecule has 2 aromatic carbocycles. The van der Waals surface area contributed by atoms with Gasteiger partial charge in [-0.15, -0.1) is 0 Å². The summed E-state index contributed by atoms with van der Waals surface area (Å²) in [5.41, 5.74) is 7.09. The highest BCUT2D eigenvalue weighted by Gasteiger charge is 2.44. The highest BCUT2D eigenvalue weighted by atomic mass is 16.7. The molecule has 0 aromatic heterocycles. The first-order chi connectivity index (χ1) is 18.4. The minimum Gasteiger partial charge on any atom is -0.466 e. The average molecular weight is 518 g/mol. The number of benzene rings is 2. The predicted molar refractivity (Wildman–Crippen MR) is 131 cm³/mol. The number of anilines is 2. The molecule has 1 fully saturated rings. The van der Waals surface area contributed by atoms with Crippen LogP contribution in [-0.4, -0.2) is 52.2 Å². The Kier molecular flexibility index (Phi) is 6.26. The number of hydrogen-bond acceptors (Lipinski definition) is 11. The van der Waals surface area contributed by atoms with Gasteiger partial charge in [-0.1, -0.05) is 30.3 Å². The van der Waals surface area contributed by atoms with Gasteiger partial charge in [0.05, 0.1) is 55.3 Å². The molecule has 3 heterocycles.